The highest BCUT2D eigenvalue weighted by molar-refractivity contribution is 5.79. The van der Waals surface area contributed by atoms with E-state index in [-0.39, 0.29) is 0 Å². The van der Waals surface area contributed by atoms with Crippen LogP contribution in [0.2, 0.25) is 0 Å². The third kappa shape index (κ3) is 5.88. The molecule has 0 spiro atoms. The summed E-state index contributed by atoms with van der Waals surface area (Å²) in [6, 6.07) is 19.3. The van der Waals surface area contributed by atoms with Gasteiger partial charge in [0, 0.05) is 26.7 Å². The van der Waals surface area contributed by atoms with E-state index >= 15 is 0 Å². The van der Waals surface area contributed by atoms with Crippen molar-refractivity contribution < 1.29 is 0 Å². The maximum Gasteiger partial charge on any atom is 0.191 e. The monoisotopic (exact) mass is 350 g/mol. The minimum Gasteiger partial charge on any atom is -0.352 e. The van der Waals surface area contributed by atoms with Crippen molar-refractivity contribution in [2.45, 2.75) is 38.9 Å². The molecule has 1 aliphatic heterocycles. The summed E-state index contributed by atoms with van der Waals surface area (Å²) in [7, 11) is 1.81. The Bertz CT molecular complexity index is 673. The van der Waals surface area contributed by atoms with Crippen molar-refractivity contribution in [2.75, 3.05) is 20.1 Å². The fourth-order valence-corrected chi connectivity index (χ4v) is 3.33. The van der Waals surface area contributed by atoms with Gasteiger partial charge in [0.05, 0.1) is 0 Å². The Hall–Kier alpha value is -2.33. The largest absolute Gasteiger partial charge is 0.352 e. The fraction of sp³-hybridized carbons (Fsp3) is 0.409. The molecular formula is C22H30N4. The SMILES string of the molecule is CN=C(NCc1ccccc1)NCc1ccc(CN2CCCCC2)cc1. The summed E-state index contributed by atoms with van der Waals surface area (Å²) in [5.74, 6) is 0.825. The lowest BCUT2D eigenvalue weighted by molar-refractivity contribution is 0.221. The lowest BCUT2D eigenvalue weighted by atomic mass is 10.1. The average molecular weight is 351 g/mol. The van der Waals surface area contributed by atoms with Crippen LogP contribution in [0.15, 0.2) is 59.6 Å². The van der Waals surface area contributed by atoms with Gasteiger partial charge in [-0.2, -0.15) is 0 Å². The molecule has 0 bridgehead atoms. The number of benzene rings is 2. The normalized spacial score (nSPS) is 15.7. The van der Waals surface area contributed by atoms with Crippen LogP contribution in [0.3, 0.4) is 0 Å². The molecule has 1 heterocycles. The molecule has 2 N–H and O–H groups in total. The molecule has 0 radical (unpaired) electrons. The summed E-state index contributed by atoms with van der Waals surface area (Å²) in [4.78, 5) is 6.86. The molecule has 0 amide bonds. The molecule has 2 aromatic rings. The van der Waals surface area contributed by atoms with Crippen LogP contribution in [-0.2, 0) is 19.6 Å². The van der Waals surface area contributed by atoms with E-state index in [1.54, 1.807) is 0 Å². The minimum atomic E-state index is 0.773. The van der Waals surface area contributed by atoms with Crippen molar-refractivity contribution in [2.24, 2.45) is 4.99 Å². The summed E-state index contributed by atoms with van der Waals surface area (Å²) >= 11 is 0. The van der Waals surface area contributed by atoms with E-state index in [0.717, 1.165) is 25.6 Å². The van der Waals surface area contributed by atoms with Crippen LogP contribution in [0.4, 0.5) is 0 Å². The van der Waals surface area contributed by atoms with Crippen LogP contribution in [0.1, 0.15) is 36.0 Å². The third-order valence-electron chi connectivity index (χ3n) is 4.86. The lowest BCUT2D eigenvalue weighted by Gasteiger charge is -2.26. The second-order valence-corrected chi connectivity index (χ2v) is 6.92. The van der Waals surface area contributed by atoms with Crippen LogP contribution in [0.25, 0.3) is 0 Å². The zero-order valence-corrected chi connectivity index (χ0v) is 15.7. The molecule has 1 fully saturated rings. The minimum absolute atomic E-state index is 0.773. The Morgan fingerprint density at radius 2 is 1.38 bits per heavy atom. The van der Waals surface area contributed by atoms with E-state index in [9.17, 15) is 0 Å². The second kappa shape index (κ2) is 9.97. The van der Waals surface area contributed by atoms with Gasteiger partial charge in [0.15, 0.2) is 5.96 Å². The van der Waals surface area contributed by atoms with Gasteiger partial charge in [-0.1, -0.05) is 61.0 Å². The molecule has 0 unspecified atom stereocenters. The first-order chi connectivity index (χ1) is 12.8. The molecule has 138 valence electrons. The van der Waals surface area contributed by atoms with Crippen LogP contribution in [-0.4, -0.2) is 31.0 Å². The van der Waals surface area contributed by atoms with Crippen molar-refractivity contribution in [1.29, 1.82) is 0 Å². The molecule has 2 aromatic carbocycles. The van der Waals surface area contributed by atoms with Gasteiger partial charge in [0.1, 0.15) is 0 Å². The van der Waals surface area contributed by atoms with Crippen molar-refractivity contribution in [3.8, 4) is 0 Å². The van der Waals surface area contributed by atoms with Gasteiger partial charge in [-0.3, -0.25) is 9.89 Å². The maximum absolute atomic E-state index is 4.30. The average Bonchev–Trinajstić information content (AvgIpc) is 2.71. The molecule has 3 rings (SSSR count). The highest BCUT2D eigenvalue weighted by Crippen LogP contribution is 2.13. The van der Waals surface area contributed by atoms with E-state index in [4.69, 9.17) is 0 Å². The number of likely N-dealkylation sites (tertiary alicyclic amines) is 1. The van der Waals surface area contributed by atoms with Crippen molar-refractivity contribution in [1.82, 2.24) is 15.5 Å². The molecule has 1 aliphatic rings. The van der Waals surface area contributed by atoms with E-state index in [0.29, 0.717) is 0 Å². The number of hydrogen-bond donors (Lipinski definition) is 2. The van der Waals surface area contributed by atoms with E-state index in [1.807, 2.05) is 13.1 Å². The molecule has 4 heteroatoms. The highest BCUT2D eigenvalue weighted by atomic mass is 15.2. The first-order valence-corrected chi connectivity index (χ1v) is 9.62. The van der Waals surface area contributed by atoms with E-state index in [1.165, 1.54) is 49.0 Å². The fourth-order valence-electron chi connectivity index (χ4n) is 3.33. The molecule has 0 atom stereocenters. The number of nitrogens with one attached hydrogen (secondary N) is 2. The van der Waals surface area contributed by atoms with Crippen LogP contribution < -0.4 is 10.6 Å². The van der Waals surface area contributed by atoms with Crippen molar-refractivity contribution in [3.05, 3.63) is 71.3 Å². The zero-order valence-electron chi connectivity index (χ0n) is 15.7. The van der Waals surface area contributed by atoms with Crippen LogP contribution >= 0.6 is 0 Å². The van der Waals surface area contributed by atoms with E-state index < -0.39 is 0 Å². The third-order valence-corrected chi connectivity index (χ3v) is 4.86. The van der Waals surface area contributed by atoms with Gasteiger partial charge in [-0.15, -0.1) is 0 Å². The van der Waals surface area contributed by atoms with E-state index in [2.05, 4.69) is 69.1 Å². The van der Waals surface area contributed by atoms with Gasteiger partial charge < -0.3 is 10.6 Å². The van der Waals surface area contributed by atoms with Gasteiger partial charge in [0.2, 0.25) is 0 Å². The first-order valence-electron chi connectivity index (χ1n) is 9.62. The number of rotatable bonds is 6. The molecule has 0 saturated carbocycles. The second-order valence-electron chi connectivity index (χ2n) is 6.92. The number of nitrogens with zero attached hydrogens (tertiary/aromatic N) is 2. The number of hydrogen-bond acceptors (Lipinski definition) is 2. The Morgan fingerprint density at radius 1 is 0.808 bits per heavy atom. The summed E-state index contributed by atoms with van der Waals surface area (Å²) in [5, 5.41) is 6.74. The maximum atomic E-state index is 4.30. The van der Waals surface area contributed by atoms with Gasteiger partial charge in [-0.05, 0) is 42.6 Å². The smallest absolute Gasteiger partial charge is 0.191 e. The Kier molecular flexibility index (Phi) is 7.08. The Balaban J connectivity index is 1.44. The van der Waals surface area contributed by atoms with Crippen molar-refractivity contribution >= 4 is 5.96 Å². The predicted octanol–water partition coefficient (Wildman–Crippen LogP) is 3.54. The van der Waals surface area contributed by atoms with Gasteiger partial charge in [0.25, 0.3) is 0 Å². The highest BCUT2D eigenvalue weighted by Gasteiger charge is 2.10. The van der Waals surface area contributed by atoms with Crippen LogP contribution in [0.5, 0.6) is 0 Å². The topological polar surface area (TPSA) is 39.7 Å². The predicted molar refractivity (Wildman–Crippen MR) is 109 cm³/mol. The first kappa shape index (κ1) is 18.5. The molecule has 0 aromatic heterocycles. The summed E-state index contributed by atoms with van der Waals surface area (Å²) in [5.41, 5.74) is 3.93. The van der Waals surface area contributed by atoms with Crippen molar-refractivity contribution in [3.63, 3.8) is 0 Å². The number of piperidine rings is 1. The number of guanidine groups is 1. The Morgan fingerprint density at radius 3 is 2.00 bits per heavy atom. The lowest BCUT2D eigenvalue weighted by Crippen LogP contribution is -2.36. The molecule has 1 saturated heterocycles. The molecule has 0 aliphatic carbocycles. The van der Waals surface area contributed by atoms with Gasteiger partial charge in [-0.25, -0.2) is 0 Å². The molecular weight excluding hydrogens is 320 g/mol. The quantitative estimate of drug-likeness (QED) is 0.618. The number of aliphatic imine (C=N–C) groups is 1. The summed E-state index contributed by atoms with van der Waals surface area (Å²) in [6.07, 6.45) is 4.08. The molecule has 26 heavy (non-hydrogen) atoms. The summed E-state index contributed by atoms with van der Waals surface area (Å²) < 4.78 is 0. The standard InChI is InChI=1S/C22H30N4/c1-23-22(24-16-19-8-4-2-5-9-19)25-17-20-10-12-21(13-11-20)18-26-14-6-3-7-15-26/h2,4-5,8-13H,3,6-7,14-18H2,1H3,(H2,23,24,25). The summed E-state index contributed by atoms with van der Waals surface area (Å²) in [6.45, 7) is 5.11. The van der Waals surface area contributed by atoms with Gasteiger partial charge >= 0.3 is 0 Å². The van der Waals surface area contributed by atoms with Crippen LogP contribution in [0, 0.1) is 0 Å². The molecule has 4 nitrogen and oxygen atoms in total. The zero-order chi connectivity index (χ0) is 18.0. The Labute approximate surface area is 157 Å².